The molecule has 1 aromatic carbocycles. The zero-order chi connectivity index (χ0) is 30.6. The first-order valence-electron chi connectivity index (χ1n) is 16.0. The van der Waals surface area contributed by atoms with Crippen LogP contribution in [0.15, 0.2) is 48.2 Å². The third-order valence-electron chi connectivity index (χ3n) is 13.3. The average Bonchev–Trinajstić information content (AvgIpc) is 3.42. The molecule has 0 radical (unpaired) electrons. The summed E-state index contributed by atoms with van der Waals surface area (Å²) in [5.41, 5.74) is 1.78. The molecule has 2 bridgehead atoms. The van der Waals surface area contributed by atoms with Crippen molar-refractivity contribution in [2.24, 2.45) is 45.3 Å². The number of hydrogen-bond acceptors (Lipinski definition) is 3. The Morgan fingerprint density at radius 1 is 1.02 bits per heavy atom. The van der Waals surface area contributed by atoms with Crippen LogP contribution in [0.1, 0.15) is 84.2 Å². The van der Waals surface area contributed by atoms with Gasteiger partial charge in [0.1, 0.15) is 0 Å². The number of halogens is 3. The number of carboxylic acid groups (broad SMARTS) is 1. The maximum Gasteiger partial charge on any atom is 0.416 e. The predicted octanol–water partition coefficient (Wildman–Crippen LogP) is 8.43. The number of carboxylic acids is 1. The number of carbonyl (C=O) groups is 1. The molecule has 0 amide bonds. The summed E-state index contributed by atoms with van der Waals surface area (Å²) < 4.78 is 48.3. The Morgan fingerprint density at radius 3 is 2.47 bits per heavy atom. The molecule has 2 aromatic rings. The second-order valence-electron chi connectivity index (χ2n) is 15.3. The van der Waals surface area contributed by atoms with Gasteiger partial charge >= 0.3 is 12.1 Å². The van der Waals surface area contributed by atoms with E-state index in [9.17, 15) is 23.1 Å². The molecule has 9 unspecified atom stereocenters. The van der Waals surface area contributed by atoms with Crippen LogP contribution in [0.5, 0.6) is 0 Å². The van der Waals surface area contributed by atoms with Crippen LogP contribution in [0.3, 0.4) is 0 Å². The molecule has 0 spiro atoms. The van der Waals surface area contributed by atoms with Crippen LogP contribution >= 0.6 is 0 Å². The van der Waals surface area contributed by atoms with E-state index in [2.05, 4.69) is 38.5 Å². The Bertz CT molecular complexity index is 1470. The Morgan fingerprint density at radius 2 is 1.77 bits per heavy atom. The summed E-state index contributed by atoms with van der Waals surface area (Å²) in [6, 6.07) is 7.39. The van der Waals surface area contributed by atoms with Crippen molar-refractivity contribution in [3.05, 3.63) is 53.7 Å². The molecule has 4 aliphatic carbocycles. The van der Waals surface area contributed by atoms with Gasteiger partial charge in [0.05, 0.1) is 36.4 Å². The van der Waals surface area contributed by atoms with E-state index >= 15 is 0 Å². The molecule has 3 saturated carbocycles. The molecular weight excluding hydrogens is 553 g/mol. The molecule has 43 heavy (non-hydrogen) atoms. The Hall–Kier alpha value is -2.61. The molecule has 1 aliphatic heterocycles. The van der Waals surface area contributed by atoms with Gasteiger partial charge in [0.25, 0.3) is 0 Å². The highest BCUT2D eigenvalue weighted by Gasteiger charge is 2.68. The fraction of sp³-hybridized carbons (Fsp3) is 0.657. The van der Waals surface area contributed by atoms with Crippen molar-refractivity contribution in [3.8, 4) is 11.3 Å². The van der Waals surface area contributed by atoms with Crippen LogP contribution in [0.4, 0.5) is 13.2 Å². The fourth-order valence-electron chi connectivity index (χ4n) is 11.2. The number of alkyl halides is 3. The van der Waals surface area contributed by atoms with Crippen LogP contribution in [-0.2, 0) is 15.7 Å². The van der Waals surface area contributed by atoms with E-state index in [-0.39, 0.29) is 39.5 Å². The van der Waals surface area contributed by atoms with E-state index < -0.39 is 17.7 Å². The van der Waals surface area contributed by atoms with Crippen molar-refractivity contribution in [1.29, 1.82) is 0 Å². The van der Waals surface area contributed by atoms with Crippen LogP contribution in [-0.4, -0.2) is 34.1 Å². The van der Waals surface area contributed by atoms with Gasteiger partial charge in [-0.3, -0.25) is 9.48 Å². The molecule has 1 saturated heterocycles. The van der Waals surface area contributed by atoms with Gasteiger partial charge in [-0.05, 0) is 103 Å². The molecule has 9 atom stereocenters. The third-order valence-corrected chi connectivity index (χ3v) is 13.3. The van der Waals surface area contributed by atoms with Crippen molar-refractivity contribution in [2.75, 3.05) is 13.2 Å². The lowest BCUT2D eigenvalue weighted by atomic mass is 9.36. The van der Waals surface area contributed by atoms with E-state index in [1.54, 1.807) is 18.3 Å². The minimum atomic E-state index is -4.37. The van der Waals surface area contributed by atoms with Crippen LogP contribution in [0, 0.1) is 45.3 Å². The zero-order valence-corrected chi connectivity index (χ0v) is 25.6. The van der Waals surface area contributed by atoms with Gasteiger partial charge in [-0.2, -0.15) is 18.3 Å². The van der Waals surface area contributed by atoms with Gasteiger partial charge in [0.15, 0.2) is 0 Å². The number of hydrogen-bond donors (Lipinski definition) is 1. The lowest BCUT2D eigenvalue weighted by Crippen LogP contribution is -2.64. The van der Waals surface area contributed by atoms with Gasteiger partial charge in [0.2, 0.25) is 0 Å². The van der Waals surface area contributed by atoms with E-state index in [1.165, 1.54) is 5.57 Å². The molecule has 7 rings (SSSR count). The third kappa shape index (κ3) is 4.00. The highest BCUT2D eigenvalue weighted by atomic mass is 19.4. The zero-order valence-electron chi connectivity index (χ0n) is 25.6. The normalized spacial score (nSPS) is 42.3. The predicted molar refractivity (Wildman–Crippen MR) is 157 cm³/mol. The van der Waals surface area contributed by atoms with Crippen molar-refractivity contribution in [1.82, 2.24) is 9.78 Å². The molecule has 4 fully saturated rings. The monoisotopic (exact) mass is 596 g/mol. The van der Waals surface area contributed by atoms with Crippen molar-refractivity contribution < 1.29 is 27.8 Å². The molecule has 1 N–H and O–H groups in total. The smallest absolute Gasteiger partial charge is 0.416 e. The first kappa shape index (κ1) is 29.1. The number of fused-ring (bicyclic) bond motifs is 3. The van der Waals surface area contributed by atoms with Gasteiger partial charge < -0.3 is 9.84 Å². The lowest BCUT2D eigenvalue weighted by molar-refractivity contribution is -0.200. The average molecular weight is 597 g/mol. The summed E-state index contributed by atoms with van der Waals surface area (Å²) in [5, 5.41) is 15.2. The maximum absolute atomic E-state index is 13.3. The van der Waals surface area contributed by atoms with E-state index in [4.69, 9.17) is 9.84 Å². The highest BCUT2D eigenvalue weighted by Crippen LogP contribution is 2.73. The topological polar surface area (TPSA) is 64.4 Å². The number of aliphatic carboxylic acids is 1. The number of ether oxygens (including phenoxy) is 1. The van der Waals surface area contributed by atoms with Crippen LogP contribution in [0.2, 0.25) is 0 Å². The summed E-state index contributed by atoms with van der Waals surface area (Å²) in [6.45, 7) is 10.4. The number of rotatable bonds is 3. The Balaban J connectivity index is 1.29. The second-order valence-corrected chi connectivity index (χ2v) is 15.3. The minimum Gasteiger partial charge on any atom is -0.481 e. The van der Waals surface area contributed by atoms with Crippen molar-refractivity contribution in [3.63, 3.8) is 0 Å². The van der Waals surface area contributed by atoms with Gasteiger partial charge in [-0.1, -0.05) is 51.5 Å². The Labute approximate surface area is 251 Å². The molecule has 5 aliphatic rings. The molecule has 1 aromatic heterocycles. The fourth-order valence-corrected chi connectivity index (χ4v) is 11.2. The quantitative estimate of drug-likeness (QED) is 0.361. The number of allylic oxidation sites excluding steroid dienone is 1. The van der Waals surface area contributed by atoms with Gasteiger partial charge in [-0.15, -0.1) is 0 Å². The molecule has 2 heterocycles. The number of aromatic nitrogens is 2. The Kier molecular flexibility index (Phi) is 6.40. The van der Waals surface area contributed by atoms with E-state index in [1.807, 2.05) is 6.07 Å². The molecule has 8 heteroatoms. The highest BCUT2D eigenvalue weighted by molar-refractivity contribution is 5.72. The van der Waals surface area contributed by atoms with Crippen molar-refractivity contribution in [2.45, 2.75) is 84.9 Å². The summed E-state index contributed by atoms with van der Waals surface area (Å²) >= 11 is 0. The standard InChI is InChI=1S/C35H43F3N2O3/c1-21-11-14-32(3)25-9-10-28-31(2)17-24(40-27(13-16-39-40)22-5-7-23(8-6-22)35(36,37)38)18-34(28,20-43-19-31)26(25)12-15-33(32,4)29(21)30(41)42/h5-8,12-13,16,21,24-25,28-29H,9-11,14-15,17-20H2,1-4H3,(H,41,42). The summed E-state index contributed by atoms with van der Waals surface area (Å²) in [5.74, 6) is -0.0762. The first-order valence-corrected chi connectivity index (χ1v) is 16.0. The molecule has 232 valence electrons. The number of nitrogens with zero attached hydrogens (tertiary/aromatic N) is 2. The van der Waals surface area contributed by atoms with E-state index in [0.717, 1.165) is 68.3 Å². The second kappa shape index (κ2) is 9.45. The van der Waals surface area contributed by atoms with Gasteiger partial charge in [0, 0.05) is 11.6 Å². The summed E-state index contributed by atoms with van der Waals surface area (Å²) in [6.07, 6.45) is 6.53. The summed E-state index contributed by atoms with van der Waals surface area (Å²) in [4.78, 5) is 12.7. The van der Waals surface area contributed by atoms with Crippen LogP contribution in [0.25, 0.3) is 11.3 Å². The van der Waals surface area contributed by atoms with Crippen LogP contribution < -0.4 is 0 Å². The first-order chi connectivity index (χ1) is 20.2. The molecular formula is C35H43F3N2O3. The van der Waals surface area contributed by atoms with Gasteiger partial charge in [-0.25, -0.2) is 0 Å². The lowest BCUT2D eigenvalue weighted by Gasteiger charge is -2.69. The van der Waals surface area contributed by atoms with Crippen molar-refractivity contribution >= 4 is 5.97 Å². The van der Waals surface area contributed by atoms with E-state index in [0.29, 0.717) is 25.0 Å². The largest absolute Gasteiger partial charge is 0.481 e. The number of benzene rings is 1. The maximum atomic E-state index is 13.3. The summed E-state index contributed by atoms with van der Waals surface area (Å²) in [7, 11) is 0. The molecule has 5 nitrogen and oxygen atoms in total. The SMILES string of the molecule is CC1CCC2(C)C3CCC4C5(C)COCC4(CC(n4nccc4-c4ccc(C(F)(F)F)cc4)C5)C3=CCC2(C)C1C(=O)O. The minimum absolute atomic E-state index is 0.0529.